The molecule has 1 atom stereocenters. The normalized spacial score (nSPS) is 16.1. The predicted molar refractivity (Wildman–Crippen MR) is 120 cm³/mol. The number of rotatable bonds is 5. The van der Waals surface area contributed by atoms with Crippen LogP contribution in [-0.4, -0.2) is 62.6 Å². The Morgan fingerprint density at radius 1 is 1.00 bits per heavy atom. The van der Waals surface area contributed by atoms with E-state index in [2.05, 4.69) is 16.8 Å². The lowest BCUT2D eigenvalue weighted by Crippen LogP contribution is -2.46. The van der Waals surface area contributed by atoms with Crippen LogP contribution in [0.5, 0.6) is 0 Å². The highest BCUT2D eigenvalue weighted by molar-refractivity contribution is 6.00. The lowest BCUT2D eigenvalue weighted by molar-refractivity contribution is 0.0924. The summed E-state index contributed by atoms with van der Waals surface area (Å²) in [6.45, 7) is 5.08. The number of nitrogens with zero attached hydrogens (tertiary/aromatic N) is 6. The van der Waals surface area contributed by atoms with Crippen LogP contribution in [0.25, 0.3) is 11.2 Å². The van der Waals surface area contributed by atoms with E-state index >= 15 is 0 Å². The van der Waals surface area contributed by atoms with Gasteiger partial charge in [-0.1, -0.05) is 37.3 Å². The summed E-state index contributed by atoms with van der Waals surface area (Å²) in [5, 5.41) is 0. The molecule has 0 saturated carbocycles. The minimum atomic E-state index is -0.604. The van der Waals surface area contributed by atoms with Crippen LogP contribution < -0.4 is 16.1 Å². The van der Waals surface area contributed by atoms with Gasteiger partial charge < -0.3 is 9.80 Å². The molecule has 9 nitrogen and oxygen atoms in total. The van der Waals surface area contributed by atoms with Crippen molar-refractivity contribution in [3.05, 3.63) is 56.7 Å². The van der Waals surface area contributed by atoms with Crippen LogP contribution in [0.2, 0.25) is 0 Å². The summed E-state index contributed by atoms with van der Waals surface area (Å²) in [6, 6.07) is 8.49. The molecule has 9 heteroatoms. The Morgan fingerprint density at radius 2 is 1.65 bits per heavy atom. The van der Waals surface area contributed by atoms with Crippen molar-refractivity contribution in [1.82, 2.24) is 23.6 Å². The average molecular weight is 425 g/mol. The molecule has 2 aromatic heterocycles. The molecule has 0 radical (unpaired) electrons. The summed E-state index contributed by atoms with van der Waals surface area (Å²) in [6.07, 6.45) is 0.492. The highest BCUT2D eigenvalue weighted by atomic mass is 16.2. The van der Waals surface area contributed by atoms with E-state index in [0.29, 0.717) is 23.6 Å². The molecule has 0 N–H and O–H groups in total. The van der Waals surface area contributed by atoms with Gasteiger partial charge in [-0.3, -0.25) is 23.3 Å². The minimum Gasteiger partial charge on any atom is -0.340 e. The molecular formula is C22H28N6O3. The Kier molecular flexibility index (Phi) is 5.53. The molecule has 1 aliphatic heterocycles. The van der Waals surface area contributed by atoms with Crippen molar-refractivity contribution in [2.75, 3.05) is 38.1 Å². The third-order valence-electron chi connectivity index (χ3n) is 6.12. The van der Waals surface area contributed by atoms with E-state index in [1.54, 1.807) is 23.7 Å². The number of likely N-dealkylation sites (N-methyl/N-ethyl adjacent to an activating group) is 1. The SMILES string of the molecule is CC[C@@H](C(=O)c1ccccc1)n1c(N2CCN(C)CC2)nc2c1c(=O)n(C)c(=O)n2C. The topological polar surface area (TPSA) is 85.4 Å². The first-order chi connectivity index (χ1) is 14.8. The molecule has 3 heterocycles. The van der Waals surface area contributed by atoms with Crippen molar-refractivity contribution in [2.24, 2.45) is 14.1 Å². The molecule has 1 aliphatic rings. The maximum absolute atomic E-state index is 13.5. The highest BCUT2D eigenvalue weighted by Crippen LogP contribution is 2.29. The summed E-state index contributed by atoms with van der Waals surface area (Å²) in [7, 11) is 5.12. The second-order valence-electron chi connectivity index (χ2n) is 8.10. The molecule has 164 valence electrons. The van der Waals surface area contributed by atoms with E-state index in [9.17, 15) is 14.4 Å². The zero-order valence-corrected chi connectivity index (χ0v) is 18.4. The van der Waals surface area contributed by atoms with Crippen molar-refractivity contribution < 1.29 is 4.79 Å². The summed E-state index contributed by atoms with van der Waals surface area (Å²) < 4.78 is 4.22. The highest BCUT2D eigenvalue weighted by Gasteiger charge is 2.31. The smallest absolute Gasteiger partial charge is 0.332 e. The Hall–Kier alpha value is -3.20. The number of aromatic nitrogens is 4. The van der Waals surface area contributed by atoms with Crippen molar-refractivity contribution in [3.63, 3.8) is 0 Å². The Balaban J connectivity index is 1.99. The number of Topliss-reactive ketones (excluding diaryl/α,β-unsaturated/α-hetero) is 1. The number of fused-ring (bicyclic) bond motifs is 1. The number of piperazine rings is 1. The van der Waals surface area contributed by atoms with Crippen LogP contribution in [0.1, 0.15) is 29.7 Å². The first-order valence-electron chi connectivity index (χ1n) is 10.6. The van der Waals surface area contributed by atoms with Crippen LogP contribution in [-0.2, 0) is 14.1 Å². The molecule has 1 aromatic carbocycles. The van der Waals surface area contributed by atoms with Gasteiger partial charge in [0.1, 0.15) is 6.04 Å². The minimum absolute atomic E-state index is 0.0753. The molecule has 1 saturated heterocycles. The van der Waals surface area contributed by atoms with Crippen molar-refractivity contribution in [3.8, 4) is 0 Å². The summed E-state index contributed by atoms with van der Waals surface area (Å²) in [5.74, 6) is 0.492. The van der Waals surface area contributed by atoms with Gasteiger partial charge in [0.05, 0.1) is 0 Å². The standard InChI is InChI=1S/C22H28N6O3/c1-5-16(18(29)15-9-7-6-8-10-15)28-17-19(25(3)22(31)26(4)20(17)30)23-21(28)27-13-11-24(2)12-14-27/h6-10,16H,5,11-14H2,1-4H3/t16-/m0/s1. The Bertz CT molecular complexity index is 1230. The largest absolute Gasteiger partial charge is 0.340 e. The van der Waals surface area contributed by atoms with Crippen molar-refractivity contribution >= 4 is 22.9 Å². The maximum atomic E-state index is 13.5. The van der Waals surface area contributed by atoms with E-state index in [4.69, 9.17) is 4.98 Å². The number of benzene rings is 1. The summed E-state index contributed by atoms with van der Waals surface area (Å²) in [4.78, 5) is 48.3. The molecule has 3 aromatic rings. The Labute approximate surface area is 180 Å². The first-order valence-corrected chi connectivity index (χ1v) is 10.6. The third-order valence-corrected chi connectivity index (χ3v) is 6.12. The number of ketones is 1. The average Bonchev–Trinajstić information content (AvgIpc) is 3.18. The molecule has 0 amide bonds. The van der Waals surface area contributed by atoms with Gasteiger partial charge in [-0.2, -0.15) is 4.98 Å². The molecule has 0 aliphatic carbocycles. The maximum Gasteiger partial charge on any atom is 0.332 e. The first kappa shape index (κ1) is 21.0. The van der Waals surface area contributed by atoms with Crippen LogP contribution in [0.15, 0.2) is 39.9 Å². The van der Waals surface area contributed by atoms with Crippen molar-refractivity contribution in [1.29, 1.82) is 0 Å². The zero-order chi connectivity index (χ0) is 22.3. The third kappa shape index (κ3) is 3.48. The molecule has 0 bridgehead atoms. The summed E-state index contributed by atoms with van der Waals surface area (Å²) >= 11 is 0. The quantitative estimate of drug-likeness (QED) is 0.569. The predicted octanol–water partition coefficient (Wildman–Crippen LogP) is 1.02. The lowest BCUT2D eigenvalue weighted by atomic mass is 10.0. The van der Waals surface area contributed by atoms with Gasteiger partial charge in [-0.15, -0.1) is 0 Å². The van der Waals surface area contributed by atoms with Crippen LogP contribution in [0.4, 0.5) is 5.95 Å². The summed E-state index contributed by atoms with van der Waals surface area (Å²) in [5.41, 5.74) is 0.304. The second-order valence-corrected chi connectivity index (χ2v) is 8.10. The van der Waals surface area contributed by atoms with Crippen LogP contribution >= 0.6 is 0 Å². The number of imidazole rings is 1. The van der Waals surface area contributed by atoms with Gasteiger partial charge in [-0.25, -0.2) is 4.79 Å². The number of anilines is 1. The van der Waals surface area contributed by atoms with Gasteiger partial charge in [-0.05, 0) is 13.5 Å². The molecule has 4 rings (SSSR count). The van der Waals surface area contributed by atoms with E-state index in [0.717, 1.165) is 30.7 Å². The molecular weight excluding hydrogens is 396 g/mol. The van der Waals surface area contributed by atoms with E-state index in [1.165, 1.54) is 11.6 Å². The molecule has 0 spiro atoms. The van der Waals surface area contributed by atoms with Gasteiger partial charge in [0.2, 0.25) is 5.95 Å². The number of carbonyl (C=O) groups excluding carboxylic acids is 1. The van der Waals surface area contributed by atoms with E-state index in [1.807, 2.05) is 25.1 Å². The van der Waals surface area contributed by atoms with Gasteiger partial charge in [0.25, 0.3) is 5.56 Å². The number of carbonyl (C=O) groups is 1. The van der Waals surface area contributed by atoms with Crippen LogP contribution in [0, 0.1) is 0 Å². The van der Waals surface area contributed by atoms with Crippen molar-refractivity contribution in [2.45, 2.75) is 19.4 Å². The van der Waals surface area contributed by atoms with E-state index < -0.39 is 17.3 Å². The number of aryl methyl sites for hydroxylation is 1. The molecule has 1 fully saturated rings. The fraction of sp³-hybridized carbons (Fsp3) is 0.455. The molecule has 0 unspecified atom stereocenters. The van der Waals surface area contributed by atoms with Gasteiger partial charge in [0.15, 0.2) is 16.9 Å². The molecule has 31 heavy (non-hydrogen) atoms. The zero-order valence-electron chi connectivity index (χ0n) is 18.4. The van der Waals surface area contributed by atoms with Crippen LogP contribution in [0.3, 0.4) is 0 Å². The van der Waals surface area contributed by atoms with Gasteiger partial charge >= 0.3 is 5.69 Å². The Morgan fingerprint density at radius 3 is 2.26 bits per heavy atom. The fourth-order valence-electron chi connectivity index (χ4n) is 4.21. The second kappa shape index (κ2) is 8.14. The monoisotopic (exact) mass is 424 g/mol. The number of hydrogen-bond acceptors (Lipinski definition) is 6. The lowest BCUT2D eigenvalue weighted by Gasteiger charge is -2.34. The van der Waals surface area contributed by atoms with E-state index in [-0.39, 0.29) is 11.3 Å². The number of hydrogen-bond donors (Lipinski definition) is 0. The van der Waals surface area contributed by atoms with Gasteiger partial charge in [0, 0.05) is 45.8 Å². The fourth-order valence-corrected chi connectivity index (χ4v) is 4.21.